The van der Waals surface area contributed by atoms with Gasteiger partial charge in [0.15, 0.2) is 6.61 Å². The molecule has 1 atom stereocenters. The minimum absolute atomic E-state index is 0.0840. The fraction of sp³-hybridized carbons (Fsp3) is 0.211. The molecule has 7 heteroatoms. The van der Waals surface area contributed by atoms with Crippen molar-refractivity contribution in [2.24, 2.45) is 0 Å². The lowest BCUT2D eigenvalue weighted by molar-refractivity contribution is -0.139. The maximum atomic E-state index is 10.9. The highest BCUT2D eigenvalue weighted by Gasteiger charge is 2.24. The van der Waals surface area contributed by atoms with Crippen molar-refractivity contribution in [3.8, 4) is 11.4 Å². The molecule has 0 saturated heterocycles. The van der Waals surface area contributed by atoms with Crippen molar-refractivity contribution >= 4 is 5.97 Å². The first-order valence-electron chi connectivity index (χ1n) is 8.39. The molecule has 0 aliphatic carbocycles. The molecule has 0 saturated carbocycles. The second-order valence-corrected chi connectivity index (χ2v) is 6.06. The van der Waals surface area contributed by atoms with Crippen LogP contribution < -0.4 is 10.1 Å². The van der Waals surface area contributed by atoms with Crippen molar-refractivity contribution in [3.05, 3.63) is 71.5 Å². The van der Waals surface area contributed by atoms with Crippen LogP contribution in [0.4, 0.5) is 0 Å². The third-order valence-corrected chi connectivity index (χ3v) is 4.41. The molecule has 1 aliphatic rings. The minimum Gasteiger partial charge on any atom is -0.482 e. The van der Waals surface area contributed by atoms with Crippen molar-refractivity contribution < 1.29 is 14.6 Å². The van der Waals surface area contributed by atoms with Crippen molar-refractivity contribution in [3.63, 3.8) is 0 Å². The number of aromatic nitrogens is 3. The van der Waals surface area contributed by atoms with E-state index in [0.717, 1.165) is 24.2 Å². The summed E-state index contributed by atoms with van der Waals surface area (Å²) in [4.78, 5) is 12.5. The van der Waals surface area contributed by atoms with E-state index in [-0.39, 0.29) is 12.6 Å². The van der Waals surface area contributed by atoms with E-state index >= 15 is 0 Å². The van der Waals surface area contributed by atoms with Crippen LogP contribution in [0.25, 0.3) is 5.69 Å². The number of hydrogen-bond donors (Lipinski definition) is 2. The van der Waals surface area contributed by atoms with Crippen LogP contribution in [0.2, 0.25) is 0 Å². The highest BCUT2D eigenvalue weighted by molar-refractivity contribution is 5.68. The Bertz CT molecular complexity index is 924. The first-order valence-corrected chi connectivity index (χ1v) is 8.39. The van der Waals surface area contributed by atoms with Gasteiger partial charge in [0.1, 0.15) is 5.75 Å². The first-order chi connectivity index (χ1) is 12.7. The Morgan fingerprint density at radius 1 is 1.19 bits per heavy atom. The quantitative estimate of drug-likeness (QED) is 0.731. The third-order valence-electron chi connectivity index (χ3n) is 4.41. The summed E-state index contributed by atoms with van der Waals surface area (Å²) in [6.07, 6.45) is 4.18. The van der Waals surface area contributed by atoms with Gasteiger partial charge in [-0.3, -0.25) is 0 Å². The van der Waals surface area contributed by atoms with Crippen LogP contribution in [0.1, 0.15) is 22.7 Å². The number of aliphatic carboxylic acids is 1. The van der Waals surface area contributed by atoms with Crippen LogP contribution in [0.3, 0.4) is 0 Å². The molecule has 7 nitrogen and oxygen atoms in total. The Balaban J connectivity index is 1.79. The zero-order chi connectivity index (χ0) is 17.9. The molecule has 1 aromatic heterocycles. The normalized spacial score (nSPS) is 16.1. The number of fused-ring (bicyclic) bond motifs is 1. The van der Waals surface area contributed by atoms with E-state index in [4.69, 9.17) is 9.84 Å². The Labute approximate surface area is 150 Å². The third kappa shape index (κ3) is 3.16. The van der Waals surface area contributed by atoms with Crippen LogP contribution in [0.5, 0.6) is 5.75 Å². The number of carbonyl (C=O) groups is 1. The van der Waals surface area contributed by atoms with Crippen LogP contribution in [-0.2, 0) is 11.2 Å². The van der Waals surface area contributed by atoms with E-state index in [2.05, 4.69) is 27.6 Å². The standard InChI is InChI=1S/C19H18N4O3/c24-18(25)12-26-17-6-5-14(23-21-9-10-22-23)11-16(17)19-15-4-2-1-3-13(15)7-8-20-19/h1-6,9-11,19-20H,7-8,12H2,(H,24,25). The van der Waals surface area contributed by atoms with Gasteiger partial charge in [0.25, 0.3) is 0 Å². The number of carboxylic acid groups (broad SMARTS) is 1. The van der Waals surface area contributed by atoms with E-state index in [9.17, 15) is 4.79 Å². The number of rotatable bonds is 5. The van der Waals surface area contributed by atoms with Gasteiger partial charge in [0.05, 0.1) is 24.1 Å². The van der Waals surface area contributed by atoms with E-state index in [1.807, 2.05) is 24.3 Å². The number of nitrogens with one attached hydrogen (secondary N) is 1. The molecule has 0 radical (unpaired) electrons. The van der Waals surface area contributed by atoms with Crippen molar-refractivity contribution in [2.75, 3.05) is 13.2 Å². The number of benzene rings is 2. The Morgan fingerprint density at radius 3 is 2.81 bits per heavy atom. The van der Waals surface area contributed by atoms with Crippen LogP contribution in [0.15, 0.2) is 54.9 Å². The van der Waals surface area contributed by atoms with E-state index in [0.29, 0.717) is 5.75 Å². The zero-order valence-corrected chi connectivity index (χ0v) is 14.0. The predicted molar refractivity (Wildman–Crippen MR) is 94.5 cm³/mol. The van der Waals surface area contributed by atoms with Gasteiger partial charge in [-0.05, 0) is 35.7 Å². The molecule has 2 heterocycles. The summed E-state index contributed by atoms with van der Waals surface area (Å²) in [7, 11) is 0. The largest absolute Gasteiger partial charge is 0.482 e. The number of carboxylic acids is 1. The van der Waals surface area contributed by atoms with E-state index in [1.54, 1.807) is 18.5 Å². The van der Waals surface area contributed by atoms with E-state index < -0.39 is 5.97 Å². The molecule has 2 N–H and O–H groups in total. The molecule has 3 aromatic rings. The van der Waals surface area contributed by atoms with Gasteiger partial charge in [0.2, 0.25) is 0 Å². The second-order valence-electron chi connectivity index (χ2n) is 6.06. The molecular weight excluding hydrogens is 332 g/mol. The number of ether oxygens (including phenoxy) is 1. The summed E-state index contributed by atoms with van der Waals surface area (Å²) in [5.74, 6) is -0.469. The van der Waals surface area contributed by atoms with Crippen LogP contribution in [0, 0.1) is 0 Å². The van der Waals surface area contributed by atoms with Crippen molar-refractivity contribution in [1.29, 1.82) is 0 Å². The van der Waals surface area contributed by atoms with Gasteiger partial charge < -0.3 is 15.2 Å². The molecule has 0 bridgehead atoms. The summed E-state index contributed by atoms with van der Waals surface area (Å²) < 4.78 is 5.55. The Hall–Kier alpha value is -3.19. The highest BCUT2D eigenvalue weighted by Crippen LogP contribution is 2.35. The molecular formula is C19H18N4O3. The van der Waals surface area contributed by atoms with Gasteiger partial charge in [-0.15, -0.1) is 0 Å². The molecule has 0 fully saturated rings. The molecule has 0 spiro atoms. The second kappa shape index (κ2) is 6.97. The Kier molecular flexibility index (Phi) is 4.37. The van der Waals surface area contributed by atoms with Gasteiger partial charge in [-0.1, -0.05) is 24.3 Å². The lowest BCUT2D eigenvalue weighted by atomic mass is 9.89. The lowest BCUT2D eigenvalue weighted by Crippen LogP contribution is -2.31. The molecule has 1 aliphatic heterocycles. The molecule has 0 amide bonds. The summed E-state index contributed by atoms with van der Waals surface area (Å²) >= 11 is 0. The Morgan fingerprint density at radius 2 is 2.00 bits per heavy atom. The number of hydrogen-bond acceptors (Lipinski definition) is 5. The molecule has 2 aromatic carbocycles. The molecule has 1 unspecified atom stereocenters. The van der Waals surface area contributed by atoms with Gasteiger partial charge >= 0.3 is 5.97 Å². The highest BCUT2D eigenvalue weighted by atomic mass is 16.5. The average Bonchev–Trinajstić information content (AvgIpc) is 3.20. The minimum atomic E-state index is -1.01. The fourth-order valence-electron chi connectivity index (χ4n) is 3.29. The van der Waals surface area contributed by atoms with Crippen LogP contribution >= 0.6 is 0 Å². The summed E-state index contributed by atoms with van der Waals surface area (Å²) in [6, 6.07) is 13.7. The summed E-state index contributed by atoms with van der Waals surface area (Å²) in [5, 5.41) is 20.8. The average molecular weight is 350 g/mol. The van der Waals surface area contributed by atoms with Crippen molar-refractivity contribution in [1.82, 2.24) is 20.3 Å². The smallest absolute Gasteiger partial charge is 0.341 e. The van der Waals surface area contributed by atoms with E-state index in [1.165, 1.54) is 15.9 Å². The lowest BCUT2D eigenvalue weighted by Gasteiger charge is -2.28. The zero-order valence-electron chi connectivity index (χ0n) is 14.0. The maximum absolute atomic E-state index is 10.9. The topological polar surface area (TPSA) is 89.3 Å². The predicted octanol–water partition coefficient (Wildman–Crippen LogP) is 1.97. The number of nitrogens with zero attached hydrogens (tertiary/aromatic N) is 3. The maximum Gasteiger partial charge on any atom is 0.341 e. The molecule has 4 rings (SSSR count). The SMILES string of the molecule is O=C(O)COc1ccc(-n2nccn2)cc1C1NCCc2ccccc21. The molecule has 26 heavy (non-hydrogen) atoms. The first kappa shape index (κ1) is 16.3. The summed E-state index contributed by atoms with van der Waals surface area (Å²) in [6.45, 7) is 0.449. The van der Waals surface area contributed by atoms with Gasteiger partial charge in [-0.2, -0.15) is 15.0 Å². The van der Waals surface area contributed by atoms with Crippen LogP contribution in [-0.4, -0.2) is 39.2 Å². The monoisotopic (exact) mass is 350 g/mol. The molecule has 132 valence electrons. The fourth-order valence-corrected chi connectivity index (χ4v) is 3.29. The van der Waals surface area contributed by atoms with Gasteiger partial charge in [-0.25, -0.2) is 4.79 Å². The summed E-state index contributed by atoms with van der Waals surface area (Å²) in [5.41, 5.74) is 4.11. The van der Waals surface area contributed by atoms with Crippen molar-refractivity contribution in [2.45, 2.75) is 12.5 Å². The van der Waals surface area contributed by atoms with Gasteiger partial charge in [0, 0.05) is 12.1 Å².